The van der Waals surface area contributed by atoms with E-state index in [1.54, 1.807) is 6.07 Å². The van der Waals surface area contributed by atoms with Crippen molar-refractivity contribution in [3.05, 3.63) is 70.0 Å². The molecule has 2 aromatic carbocycles. The van der Waals surface area contributed by atoms with Gasteiger partial charge in [-0.2, -0.15) is 0 Å². The van der Waals surface area contributed by atoms with Crippen LogP contribution in [0.3, 0.4) is 0 Å². The standard InChI is InChI=1S/C16H18ClFN2/c1-20(10-13-4-2-3-5-15(13)17)11-14-8-12(9-19)6-7-16(14)18/h2-8H,9-11,19H2,1H3. The molecule has 0 spiro atoms. The van der Waals surface area contributed by atoms with Gasteiger partial charge in [0.2, 0.25) is 0 Å². The Morgan fingerprint density at radius 1 is 1.10 bits per heavy atom. The summed E-state index contributed by atoms with van der Waals surface area (Å²) in [4.78, 5) is 2.03. The van der Waals surface area contributed by atoms with Gasteiger partial charge in [-0.25, -0.2) is 4.39 Å². The maximum Gasteiger partial charge on any atom is 0.127 e. The minimum absolute atomic E-state index is 0.201. The molecule has 0 aromatic heterocycles. The van der Waals surface area contributed by atoms with Gasteiger partial charge in [-0.15, -0.1) is 0 Å². The summed E-state index contributed by atoms with van der Waals surface area (Å²) in [7, 11) is 1.94. The Labute approximate surface area is 124 Å². The molecular weight excluding hydrogens is 275 g/mol. The van der Waals surface area contributed by atoms with Crippen LogP contribution in [0, 0.1) is 5.82 Å². The molecule has 2 rings (SSSR count). The van der Waals surface area contributed by atoms with Crippen molar-refractivity contribution < 1.29 is 4.39 Å². The number of nitrogens with zero attached hydrogens (tertiary/aromatic N) is 1. The monoisotopic (exact) mass is 292 g/mol. The molecule has 0 bridgehead atoms. The summed E-state index contributed by atoms with van der Waals surface area (Å²) in [6, 6.07) is 12.7. The normalized spacial score (nSPS) is 11.1. The number of nitrogens with two attached hydrogens (primary N) is 1. The van der Waals surface area contributed by atoms with Crippen LogP contribution in [0.15, 0.2) is 42.5 Å². The summed E-state index contributed by atoms with van der Waals surface area (Å²) in [5, 5.41) is 0.732. The molecule has 0 amide bonds. The minimum atomic E-state index is -0.201. The summed E-state index contributed by atoms with van der Waals surface area (Å²) in [5.41, 5.74) is 8.22. The third-order valence-electron chi connectivity index (χ3n) is 3.18. The van der Waals surface area contributed by atoms with Gasteiger partial charge in [0.15, 0.2) is 0 Å². The van der Waals surface area contributed by atoms with E-state index in [1.165, 1.54) is 6.07 Å². The average Bonchev–Trinajstić information content (AvgIpc) is 2.44. The molecule has 106 valence electrons. The van der Waals surface area contributed by atoms with Gasteiger partial charge in [0.25, 0.3) is 0 Å². The number of benzene rings is 2. The quantitative estimate of drug-likeness (QED) is 0.913. The summed E-state index contributed by atoms with van der Waals surface area (Å²) in [5.74, 6) is -0.201. The van der Waals surface area contributed by atoms with Gasteiger partial charge in [0, 0.05) is 30.2 Å². The van der Waals surface area contributed by atoms with Crippen LogP contribution in [0.4, 0.5) is 4.39 Å². The number of halogens is 2. The molecule has 0 aliphatic heterocycles. The Balaban J connectivity index is 2.08. The zero-order valence-corrected chi connectivity index (χ0v) is 12.2. The second kappa shape index (κ2) is 6.84. The maximum absolute atomic E-state index is 13.8. The Kier molecular flexibility index (Phi) is 5.12. The smallest absolute Gasteiger partial charge is 0.127 e. The van der Waals surface area contributed by atoms with Crippen LogP contribution in [0.5, 0.6) is 0 Å². The predicted octanol–water partition coefficient (Wildman–Crippen LogP) is 3.57. The Hall–Kier alpha value is -1.42. The molecule has 0 aliphatic carbocycles. The summed E-state index contributed by atoms with van der Waals surface area (Å²) >= 11 is 6.13. The molecule has 0 saturated heterocycles. The molecule has 20 heavy (non-hydrogen) atoms. The molecule has 2 aromatic rings. The first-order valence-electron chi connectivity index (χ1n) is 6.49. The lowest BCUT2D eigenvalue weighted by Crippen LogP contribution is -2.18. The molecule has 4 heteroatoms. The van der Waals surface area contributed by atoms with E-state index in [4.69, 9.17) is 17.3 Å². The second-order valence-electron chi connectivity index (χ2n) is 4.89. The highest BCUT2D eigenvalue weighted by Gasteiger charge is 2.08. The molecule has 0 saturated carbocycles. The van der Waals surface area contributed by atoms with Gasteiger partial charge >= 0.3 is 0 Å². The number of rotatable bonds is 5. The van der Waals surface area contributed by atoms with Crippen LogP contribution < -0.4 is 5.73 Å². The first kappa shape index (κ1) is 15.0. The van der Waals surface area contributed by atoms with E-state index in [0.717, 1.165) is 16.1 Å². The van der Waals surface area contributed by atoms with Crippen molar-refractivity contribution in [2.24, 2.45) is 5.73 Å². The van der Waals surface area contributed by atoms with Gasteiger partial charge in [-0.1, -0.05) is 41.9 Å². The largest absolute Gasteiger partial charge is 0.326 e. The van der Waals surface area contributed by atoms with Crippen molar-refractivity contribution >= 4 is 11.6 Å². The zero-order valence-electron chi connectivity index (χ0n) is 11.4. The molecule has 0 atom stereocenters. The van der Waals surface area contributed by atoms with E-state index in [1.807, 2.05) is 42.3 Å². The fourth-order valence-electron chi connectivity index (χ4n) is 2.14. The van der Waals surface area contributed by atoms with Crippen molar-refractivity contribution in [1.29, 1.82) is 0 Å². The summed E-state index contributed by atoms with van der Waals surface area (Å²) < 4.78 is 13.8. The van der Waals surface area contributed by atoms with E-state index in [9.17, 15) is 4.39 Å². The molecule has 2 N–H and O–H groups in total. The first-order chi connectivity index (χ1) is 9.60. The van der Waals surface area contributed by atoms with Gasteiger partial charge in [-0.05, 0) is 30.3 Å². The van der Waals surface area contributed by atoms with Crippen LogP contribution in [-0.4, -0.2) is 11.9 Å². The fourth-order valence-corrected chi connectivity index (χ4v) is 2.34. The Morgan fingerprint density at radius 3 is 2.50 bits per heavy atom. The van der Waals surface area contributed by atoms with Crippen LogP contribution in [0.1, 0.15) is 16.7 Å². The van der Waals surface area contributed by atoms with Gasteiger partial charge < -0.3 is 5.73 Å². The van der Waals surface area contributed by atoms with E-state index < -0.39 is 0 Å². The van der Waals surface area contributed by atoms with Crippen molar-refractivity contribution in [2.45, 2.75) is 19.6 Å². The molecule has 0 radical (unpaired) electrons. The van der Waals surface area contributed by atoms with Crippen LogP contribution in [-0.2, 0) is 19.6 Å². The van der Waals surface area contributed by atoms with E-state index in [0.29, 0.717) is 25.2 Å². The van der Waals surface area contributed by atoms with E-state index >= 15 is 0 Å². The Morgan fingerprint density at radius 2 is 1.80 bits per heavy atom. The molecule has 0 heterocycles. The van der Waals surface area contributed by atoms with Crippen LogP contribution in [0.25, 0.3) is 0 Å². The van der Waals surface area contributed by atoms with Crippen LogP contribution in [0.2, 0.25) is 5.02 Å². The highest BCUT2D eigenvalue weighted by Crippen LogP contribution is 2.18. The van der Waals surface area contributed by atoms with Gasteiger partial charge in [0.1, 0.15) is 5.82 Å². The maximum atomic E-state index is 13.8. The summed E-state index contributed by atoms with van der Waals surface area (Å²) in [6.07, 6.45) is 0. The third kappa shape index (κ3) is 3.79. The lowest BCUT2D eigenvalue weighted by Gasteiger charge is -2.18. The highest BCUT2D eigenvalue weighted by molar-refractivity contribution is 6.31. The molecule has 0 aliphatic rings. The first-order valence-corrected chi connectivity index (χ1v) is 6.87. The van der Waals surface area contributed by atoms with Crippen molar-refractivity contribution in [3.8, 4) is 0 Å². The van der Waals surface area contributed by atoms with Crippen molar-refractivity contribution in [2.75, 3.05) is 7.05 Å². The number of hydrogen-bond acceptors (Lipinski definition) is 2. The SMILES string of the molecule is CN(Cc1cc(CN)ccc1F)Cc1ccccc1Cl. The van der Waals surface area contributed by atoms with Gasteiger partial charge in [0.05, 0.1) is 0 Å². The summed E-state index contributed by atoms with van der Waals surface area (Å²) in [6.45, 7) is 1.61. The Bertz CT molecular complexity index is 586. The topological polar surface area (TPSA) is 29.3 Å². The minimum Gasteiger partial charge on any atom is -0.326 e. The molecule has 0 unspecified atom stereocenters. The lowest BCUT2D eigenvalue weighted by atomic mass is 10.1. The molecular formula is C16H18ClFN2. The molecule has 0 fully saturated rings. The second-order valence-corrected chi connectivity index (χ2v) is 5.30. The fraction of sp³-hybridized carbons (Fsp3) is 0.250. The van der Waals surface area contributed by atoms with Crippen molar-refractivity contribution in [3.63, 3.8) is 0 Å². The van der Waals surface area contributed by atoms with Crippen molar-refractivity contribution in [1.82, 2.24) is 4.90 Å². The third-order valence-corrected chi connectivity index (χ3v) is 3.55. The predicted molar refractivity (Wildman–Crippen MR) is 80.9 cm³/mol. The lowest BCUT2D eigenvalue weighted by molar-refractivity contribution is 0.313. The molecule has 2 nitrogen and oxygen atoms in total. The average molecular weight is 293 g/mol. The highest BCUT2D eigenvalue weighted by atomic mass is 35.5. The van der Waals surface area contributed by atoms with Crippen LogP contribution >= 0.6 is 11.6 Å². The van der Waals surface area contributed by atoms with Gasteiger partial charge in [-0.3, -0.25) is 4.90 Å². The number of hydrogen-bond donors (Lipinski definition) is 1. The van der Waals surface area contributed by atoms with E-state index in [2.05, 4.69) is 0 Å². The van der Waals surface area contributed by atoms with E-state index in [-0.39, 0.29) is 5.82 Å². The zero-order chi connectivity index (χ0) is 14.5.